The number of carbonyl (C=O) groups is 1. The molecule has 0 radical (unpaired) electrons. The van der Waals surface area contributed by atoms with Crippen LogP contribution in [-0.2, 0) is 16.6 Å². The Bertz CT molecular complexity index is 725. The number of hydrogen-bond acceptors (Lipinski definition) is 4. The fraction of sp³-hybridized carbons (Fsp3) is 0.357. The molecule has 106 valence electrons. The highest BCUT2D eigenvalue weighted by Crippen LogP contribution is 2.30. The standard InChI is InChI=1S/C14H15NO3S2/c1-10-2-4-12(5-3-10)20(17,18)15-8-11-6-7-19-14(11)13(16)9-15/h2,4,6-7H,3,5,8-9H2,1H3. The van der Waals surface area contributed by atoms with Gasteiger partial charge in [0.05, 0.1) is 16.3 Å². The smallest absolute Gasteiger partial charge is 0.239 e. The van der Waals surface area contributed by atoms with Crippen LogP contribution in [0, 0.1) is 0 Å². The Balaban J connectivity index is 1.92. The Hall–Kier alpha value is -1.24. The Morgan fingerprint density at radius 2 is 2.00 bits per heavy atom. The van der Waals surface area contributed by atoms with E-state index < -0.39 is 10.0 Å². The third kappa shape index (κ3) is 2.28. The van der Waals surface area contributed by atoms with Crippen LogP contribution in [0.3, 0.4) is 0 Å². The molecule has 0 unspecified atom stereocenters. The van der Waals surface area contributed by atoms with Crippen LogP contribution in [0.1, 0.15) is 35.0 Å². The van der Waals surface area contributed by atoms with Crippen LogP contribution in [0.15, 0.2) is 34.1 Å². The molecule has 2 aliphatic rings. The summed E-state index contributed by atoms with van der Waals surface area (Å²) in [5, 5.41) is 1.84. The Labute approximate surface area is 122 Å². The molecule has 0 aromatic carbocycles. The average Bonchev–Trinajstić information content (AvgIpc) is 2.88. The van der Waals surface area contributed by atoms with E-state index in [4.69, 9.17) is 0 Å². The molecule has 1 aliphatic heterocycles. The summed E-state index contributed by atoms with van der Waals surface area (Å²) < 4.78 is 26.5. The minimum atomic E-state index is -3.53. The second-order valence-corrected chi connectivity index (χ2v) is 8.02. The maximum atomic E-state index is 12.6. The Kier molecular flexibility index (Phi) is 3.40. The largest absolute Gasteiger partial charge is 0.292 e. The van der Waals surface area contributed by atoms with Gasteiger partial charge in [-0.05, 0) is 42.9 Å². The van der Waals surface area contributed by atoms with E-state index in [0.717, 1.165) is 12.0 Å². The van der Waals surface area contributed by atoms with Gasteiger partial charge in [0, 0.05) is 6.54 Å². The molecule has 20 heavy (non-hydrogen) atoms. The first kappa shape index (κ1) is 13.7. The summed E-state index contributed by atoms with van der Waals surface area (Å²) in [7, 11) is -3.53. The summed E-state index contributed by atoms with van der Waals surface area (Å²) in [6, 6.07) is 1.83. The van der Waals surface area contributed by atoms with Gasteiger partial charge >= 0.3 is 0 Å². The van der Waals surface area contributed by atoms with Crippen molar-refractivity contribution in [2.75, 3.05) is 6.54 Å². The molecule has 0 saturated carbocycles. The molecule has 1 aromatic rings. The van der Waals surface area contributed by atoms with Crippen molar-refractivity contribution in [3.05, 3.63) is 44.5 Å². The van der Waals surface area contributed by atoms with Crippen molar-refractivity contribution in [2.45, 2.75) is 26.3 Å². The van der Waals surface area contributed by atoms with Crippen LogP contribution >= 0.6 is 11.3 Å². The van der Waals surface area contributed by atoms with Gasteiger partial charge in [-0.15, -0.1) is 11.3 Å². The van der Waals surface area contributed by atoms with Gasteiger partial charge in [-0.3, -0.25) is 4.79 Å². The van der Waals surface area contributed by atoms with Crippen LogP contribution in [0.2, 0.25) is 0 Å². The Morgan fingerprint density at radius 1 is 1.20 bits per heavy atom. The lowest BCUT2D eigenvalue weighted by Crippen LogP contribution is -2.39. The molecule has 1 aliphatic carbocycles. The maximum absolute atomic E-state index is 12.6. The molecule has 0 saturated heterocycles. The number of Topliss-reactive ketones (excluding diaryl/α,β-unsaturated/α-hetero) is 1. The van der Waals surface area contributed by atoms with Gasteiger partial charge in [0.15, 0.2) is 5.78 Å². The normalized spacial score (nSPS) is 20.4. The van der Waals surface area contributed by atoms with Gasteiger partial charge < -0.3 is 0 Å². The molecular weight excluding hydrogens is 294 g/mol. The van der Waals surface area contributed by atoms with Gasteiger partial charge in [0.25, 0.3) is 0 Å². The van der Waals surface area contributed by atoms with E-state index >= 15 is 0 Å². The first-order valence-corrected chi connectivity index (χ1v) is 8.76. The summed E-state index contributed by atoms with van der Waals surface area (Å²) in [4.78, 5) is 13.1. The summed E-state index contributed by atoms with van der Waals surface area (Å²) in [6.07, 6.45) is 4.79. The van der Waals surface area contributed by atoms with Crippen molar-refractivity contribution in [2.24, 2.45) is 0 Å². The third-order valence-electron chi connectivity index (χ3n) is 3.66. The maximum Gasteiger partial charge on any atom is 0.239 e. The van der Waals surface area contributed by atoms with E-state index in [9.17, 15) is 13.2 Å². The summed E-state index contributed by atoms with van der Waals surface area (Å²) in [6.45, 7) is 2.24. The van der Waals surface area contributed by atoms with Crippen molar-refractivity contribution in [3.63, 3.8) is 0 Å². The second-order valence-electron chi connectivity index (χ2n) is 5.12. The van der Waals surface area contributed by atoms with Gasteiger partial charge in [-0.25, -0.2) is 8.42 Å². The zero-order valence-electron chi connectivity index (χ0n) is 11.1. The molecule has 0 amide bonds. The lowest BCUT2D eigenvalue weighted by atomic mass is 10.1. The highest BCUT2D eigenvalue weighted by Gasteiger charge is 2.34. The SMILES string of the molecule is CC1=CC=C(S(=O)(=O)N2CC(=O)c3sccc3C2)CC1. The van der Waals surface area contributed by atoms with Gasteiger partial charge in [-0.2, -0.15) is 4.31 Å². The molecule has 2 heterocycles. The molecule has 0 atom stereocenters. The molecule has 0 bridgehead atoms. The molecule has 1 aromatic heterocycles. The predicted molar refractivity (Wildman–Crippen MR) is 79.1 cm³/mol. The zero-order chi connectivity index (χ0) is 14.3. The zero-order valence-corrected chi connectivity index (χ0v) is 12.8. The minimum absolute atomic E-state index is 0.0458. The van der Waals surface area contributed by atoms with Crippen LogP contribution in [0.4, 0.5) is 0 Å². The van der Waals surface area contributed by atoms with E-state index in [-0.39, 0.29) is 12.3 Å². The summed E-state index contributed by atoms with van der Waals surface area (Å²) in [5.74, 6) is -0.104. The van der Waals surface area contributed by atoms with Gasteiger partial charge in [0.1, 0.15) is 0 Å². The molecule has 4 nitrogen and oxygen atoms in total. The third-order valence-corrected chi connectivity index (χ3v) is 6.60. The first-order chi connectivity index (χ1) is 9.48. The number of ketones is 1. The monoisotopic (exact) mass is 309 g/mol. The number of nitrogens with zero attached hydrogens (tertiary/aromatic N) is 1. The van der Waals surface area contributed by atoms with Crippen molar-refractivity contribution in [3.8, 4) is 0 Å². The Morgan fingerprint density at radius 3 is 2.70 bits per heavy atom. The van der Waals surface area contributed by atoms with Crippen molar-refractivity contribution >= 4 is 27.1 Å². The van der Waals surface area contributed by atoms with Crippen LogP contribution in [0.25, 0.3) is 0 Å². The van der Waals surface area contributed by atoms with Gasteiger partial charge in [-0.1, -0.05) is 11.6 Å². The molecule has 0 N–H and O–H groups in total. The molecule has 0 spiro atoms. The van der Waals surface area contributed by atoms with E-state index in [1.807, 2.05) is 24.4 Å². The number of allylic oxidation sites excluding steroid dienone is 4. The van der Waals surface area contributed by atoms with Crippen LogP contribution in [0.5, 0.6) is 0 Å². The quantitative estimate of drug-likeness (QED) is 0.844. The molecule has 3 rings (SSSR count). The average molecular weight is 309 g/mol. The number of sulfonamides is 1. The topological polar surface area (TPSA) is 54.5 Å². The van der Waals surface area contributed by atoms with E-state index in [1.165, 1.54) is 21.2 Å². The van der Waals surface area contributed by atoms with Crippen molar-refractivity contribution in [1.29, 1.82) is 0 Å². The van der Waals surface area contributed by atoms with E-state index in [2.05, 4.69) is 0 Å². The predicted octanol–water partition coefficient (Wildman–Crippen LogP) is 2.70. The van der Waals surface area contributed by atoms with Crippen LogP contribution < -0.4 is 0 Å². The van der Waals surface area contributed by atoms with Crippen LogP contribution in [-0.4, -0.2) is 25.1 Å². The summed E-state index contributed by atoms with van der Waals surface area (Å²) >= 11 is 1.39. The highest BCUT2D eigenvalue weighted by atomic mass is 32.2. The van der Waals surface area contributed by atoms with E-state index in [0.29, 0.717) is 22.7 Å². The molecule has 6 heteroatoms. The van der Waals surface area contributed by atoms with Crippen molar-refractivity contribution in [1.82, 2.24) is 4.31 Å². The number of rotatable bonds is 2. The first-order valence-electron chi connectivity index (χ1n) is 6.44. The fourth-order valence-electron chi connectivity index (χ4n) is 2.46. The lowest BCUT2D eigenvalue weighted by molar-refractivity contribution is 0.0955. The molecule has 0 fully saturated rings. The fourth-order valence-corrected chi connectivity index (χ4v) is 4.83. The number of carbonyl (C=O) groups excluding carboxylic acids is 1. The second kappa shape index (κ2) is 4.95. The van der Waals surface area contributed by atoms with Gasteiger partial charge in [0.2, 0.25) is 10.0 Å². The minimum Gasteiger partial charge on any atom is -0.292 e. The molecular formula is C14H15NO3S2. The van der Waals surface area contributed by atoms with Crippen molar-refractivity contribution < 1.29 is 13.2 Å². The number of hydrogen-bond donors (Lipinski definition) is 0. The number of fused-ring (bicyclic) bond motifs is 1. The summed E-state index contributed by atoms with van der Waals surface area (Å²) in [5.41, 5.74) is 2.00. The van der Waals surface area contributed by atoms with E-state index in [1.54, 1.807) is 6.08 Å². The number of thiophene rings is 1. The highest BCUT2D eigenvalue weighted by molar-refractivity contribution is 7.93. The lowest BCUT2D eigenvalue weighted by Gasteiger charge is -2.27.